The summed E-state index contributed by atoms with van der Waals surface area (Å²) in [6, 6.07) is 12.3. The van der Waals surface area contributed by atoms with Crippen molar-refractivity contribution in [2.45, 2.75) is 91.1 Å². The Balaban J connectivity index is 2.69. The van der Waals surface area contributed by atoms with Crippen LogP contribution in [0.5, 0.6) is 0 Å². The number of unbranched alkanes of at least 4 members (excludes halogenated alkanes) is 4. The highest BCUT2D eigenvalue weighted by Gasteiger charge is 2.19. The molecule has 0 fully saturated rings. The third-order valence-electron chi connectivity index (χ3n) is 4.45. The lowest BCUT2D eigenvalue weighted by Crippen LogP contribution is -2.40. The van der Waals surface area contributed by atoms with Crippen molar-refractivity contribution in [1.82, 2.24) is 0 Å². The Morgan fingerprint density at radius 2 is 1.24 bits per heavy atom. The van der Waals surface area contributed by atoms with Gasteiger partial charge in [0.15, 0.2) is 0 Å². The molecule has 120 valence electrons. The van der Waals surface area contributed by atoms with Crippen molar-refractivity contribution in [3.8, 4) is 0 Å². The standard InChI is InChI=1S/C20H35N/c1-5-7-10-14-18(3)21(19(4)15-11-8-6-2)20-16-12-9-13-17-20/h9,12-13,16-19H,5-8,10-11,14-15H2,1-4H3. The number of benzene rings is 1. The van der Waals surface area contributed by atoms with E-state index in [1.54, 1.807) is 0 Å². The lowest BCUT2D eigenvalue weighted by atomic mass is 10.0. The molecule has 0 aliphatic heterocycles. The predicted molar refractivity (Wildman–Crippen MR) is 96.1 cm³/mol. The molecule has 2 unspecified atom stereocenters. The number of hydrogen-bond donors (Lipinski definition) is 0. The molecule has 1 nitrogen and oxygen atoms in total. The molecule has 1 aromatic rings. The number of nitrogens with zero attached hydrogens (tertiary/aromatic N) is 1. The first-order chi connectivity index (χ1) is 10.2. The molecular formula is C20H35N. The zero-order chi connectivity index (χ0) is 15.5. The first-order valence-electron chi connectivity index (χ1n) is 9.04. The fourth-order valence-corrected chi connectivity index (χ4v) is 3.20. The fraction of sp³-hybridized carbons (Fsp3) is 0.700. The Kier molecular flexibility index (Phi) is 9.21. The number of para-hydroxylation sites is 1. The molecule has 21 heavy (non-hydrogen) atoms. The van der Waals surface area contributed by atoms with Crippen LogP contribution in [0, 0.1) is 0 Å². The Hall–Kier alpha value is -0.980. The Labute approximate surface area is 132 Å². The summed E-state index contributed by atoms with van der Waals surface area (Å²) in [5.41, 5.74) is 1.39. The lowest BCUT2D eigenvalue weighted by molar-refractivity contribution is 0.469. The Bertz CT molecular complexity index is 330. The molecule has 1 aromatic carbocycles. The van der Waals surface area contributed by atoms with Gasteiger partial charge in [-0.1, -0.05) is 70.6 Å². The second-order valence-electron chi connectivity index (χ2n) is 6.43. The van der Waals surface area contributed by atoms with Crippen LogP contribution in [0.15, 0.2) is 30.3 Å². The van der Waals surface area contributed by atoms with Gasteiger partial charge in [-0.05, 0) is 38.8 Å². The Morgan fingerprint density at radius 1 is 0.762 bits per heavy atom. The maximum Gasteiger partial charge on any atom is 0.0371 e. The van der Waals surface area contributed by atoms with E-state index in [0.29, 0.717) is 12.1 Å². The Morgan fingerprint density at radius 3 is 1.67 bits per heavy atom. The van der Waals surface area contributed by atoms with E-state index in [1.165, 1.54) is 57.1 Å². The second-order valence-corrected chi connectivity index (χ2v) is 6.43. The molecule has 2 atom stereocenters. The molecule has 0 bridgehead atoms. The molecule has 0 amide bonds. The zero-order valence-corrected chi connectivity index (χ0v) is 14.6. The van der Waals surface area contributed by atoms with E-state index in [0.717, 1.165) is 0 Å². The number of anilines is 1. The average molecular weight is 290 g/mol. The van der Waals surface area contributed by atoms with E-state index in [-0.39, 0.29) is 0 Å². The molecule has 1 rings (SSSR count). The molecule has 1 heteroatoms. The summed E-state index contributed by atoms with van der Waals surface area (Å²) in [5, 5.41) is 0. The van der Waals surface area contributed by atoms with Crippen LogP contribution in [-0.2, 0) is 0 Å². The molecule has 0 radical (unpaired) electrons. The van der Waals surface area contributed by atoms with Crippen LogP contribution in [0.3, 0.4) is 0 Å². The van der Waals surface area contributed by atoms with Crippen LogP contribution < -0.4 is 4.90 Å². The third-order valence-corrected chi connectivity index (χ3v) is 4.45. The summed E-state index contributed by atoms with van der Waals surface area (Å²) in [6.45, 7) is 9.37. The van der Waals surface area contributed by atoms with Crippen LogP contribution in [0.25, 0.3) is 0 Å². The van der Waals surface area contributed by atoms with E-state index < -0.39 is 0 Å². The summed E-state index contributed by atoms with van der Waals surface area (Å²) in [4.78, 5) is 2.66. The molecule has 0 aromatic heterocycles. The summed E-state index contributed by atoms with van der Waals surface area (Å²) in [6.07, 6.45) is 10.6. The monoisotopic (exact) mass is 289 g/mol. The van der Waals surface area contributed by atoms with Crippen LogP contribution in [0.1, 0.15) is 79.1 Å². The van der Waals surface area contributed by atoms with Gasteiger partial charge in [0.05, 0.1) is 0 Å². The smallest absolute Gasteiger partial charge is 0.0371 e. The molecule has 0 saturated carbocycles. The van der Waals surface area contributed by atoms with Gasteiger partial charge in [-0.2, -0.15) is 0 Å². The van der Waals surface area contributed by atoms with Crippen molar-refractivity contribution in [3.05, 3.63) is 30.3 Å². The first-order valence-corrected chi connectivity index (χ1v) is 9.04. The number of rotatable bonds is 11. The lowest BCUT2D eigenvalue weighted by Gasteiger charge is -2.37. The highest BCUT2D eigenvalue weighted by atomic mass is 15.2. The van der Waals surface area contributed by atoms with Crippen LogP contribution >= 0.6 is 0 Å². The van der Waals surface area contributed by atoms with E-state index in [9.17, 15) is 0 Å². The number of hydrogen-bond acceptors (Lipinski definition) is 1. The molecule has 0 aliphatic carbocycles. The summed E-state index contributed by atoms with van der Waals surface area (Å²) in [5.74, 6) is 0. The summed E-state index contributed by atoms with van der Waals surface area (Å²) >= 11 is 0. The first kappa shape index (κ1) is 18.1. The van der Waals surface area contributed by atoms with Gasteiger partial charge < -0.3 is 4.90 Å². The van der Waals surface area contributed by atoms with Crippen LogP contribution in [0.2, 0.25) is 0 Å². The van der Waals surface area contributed by atoms with Gasteiger partial charge in [0, 0.05) is 17.8 Å². The van der Waals surface area contributed by atoms with E-state index >= 15 is 0 Å². The second kappa shape index (κ2) is 10.7. The van der Waals surface area contributed by atoms with Crippen LogP contribution in [0.4, 0.5) is 5.69 Å². The van der Waals surface area contributed by atoms with E-state index in [4.69, 9.17) is 0 Å². The van der Waals surface area contributed by atoms with Crippen molar-refractivity contribution >= 4 is 5.69 Å². The normalized spacial score (nSPS) is 13.9. The molecular weight excluding hydrogens is 254 g/mol. The van der Waals surface area contributed by atoms with Crippen molar-refractivity contribution < 1.29 is 0 Å². The van der Waals surface area contributed by atoms with Gasteiger partial charge in [0.2, 0.25) is 0 Å². The molecule has 0 spiro atoms. The van der Waals surface area contributed by atoms with Crippen molar-refractivity contribution in [1.29, 1.82) is 0 Å². The molecule has 0 saturated heterocycles. The van der Waals surface area contributed by atoms with Gasteiger partial charge >= 0.3 is 0 Å². The van der Waals surface area contributed by atoms with Gasteiger partial charge in [-0.15, -0.1) is 0 Å². The fourth-order valence-electron chi connectivity index (χ4n) is 3.20. The minimum atomic E-state index is 0.635. The third kappa shape index (κ3) is 6.54. The predicted octanol–water partition coefficient (Wildman–Crippen LogP) is 6.43. The molecule has 0 heterocycles. The average Bonchev–Trinajstić information content (AvgIpc) is 2.49. The summed E-state index contributed by atoms with van der Waals surface area (Å²) < 4.78 is 0. The van der Waals surface area contributed by atoms with E-state index in [1.807, 2.05) is 0 Å². The van der Waals surface area contributed by atoms with Gasteiger partial charge in [-0.3, -0.25) is 0 Å². The SMILES string of the molecule is CCCCCC(C)N(c1ccccc1)C(C)CCCCC. The van der Waals surface area contributed by atoms with Gasteiger partial charge in [0.25, 0.3) is 0 Å². The van der Waals surface area contributed by atoms with E-state index in [2.05, 4.69) is 62.9 Å². The van der Waals surface area contributed by atoms with Crippen LogP contribution in [-0.4, -0.2) is 12.1 Å². The summed E-state index contributed by atoms with van der Waals surface area (Å²) in [7, 11) is 0. The van der Waals surface area contributed by atoms with Crippen molar-refractivity contribution in [2.75, 3.05) is 4.90 Å². The largest absolute Gasteiger partial charge is 0.366 e. The maximum absolute atomic E-state index is 2.66. The quantitative estimate of drug-likeness (QED) is 0.424. The minimum absolute atomic E-state index is 0.635. The maximum atomic E-state index is 2.66. The highest BCUT2D eigenvalue weighted by molar-refractivity contribution is 5.47. The topological polar surface area (TPSA) is 3.24 Å². The van der Waals surface area contributed by atoms with Gasteiger partial charge in [-0.25, -0.2) is 0 Å². The molecule has 0 aliphatic rings. The zero-order valence-electron chi connectivity index (χ0n) is 14.6. The van der Waals surface area contributed by atoms with Crippen molar-refractivity contribution in [2.24, 2.45) is 0 Å². The van der Waals surface area contributed by atoms with Gasteiger partial charge in [0.1, 0.15) is 0 Å². The highest BCUT2D eigenvalue weighted by Crippen LogP contribution is 2.25. The minimum Gasteiger partial charge on any atom is -0.366 e. The molecule has 0 N–H and O–H groups in total. The van der Waals surface area contributed by atoms with Crippen molar-refractivity contribution in [3.63, 3.8) is 0 Å².